The normalized spacial score (nSPS) is 27.2. The van der Waals surface area contributed by atoms with Crippen LogP contribution in [-0.2, 0) is 14.4 Å². The van der Waals surface area contributed by atoms with Gasteiger partial charge in [-0.15, -0.1) is 0 Å². The standard InChI is InChI=1S/C44H50ClN7O6/c1-27-22-31(5-12-39(27)58-34-9-4-30(25-46)37(45)24-34)47-41(54)29-2-6-32(7-3-29)51-20-18-49(19-21-51)26-28-14-16-50(17-15-28)33-8-10-35-36(23-33)44(57)52(43(35)56)38-11-13-40(53)48-42(38)55/h2-4,6,8-10,23-24,27-28,31-32,38-39H,5,7,11-22,26H2,1H3,(H,47,54)(H,48,53,55)/t27-,31-,32?,38?,39-/m0/s1. The fourth-order valence-electron chi connectivity index (χ4n) is 9.50. The number of piperazine rings is 1. The summed E-state index contributed by atoms with van der Waals surface area (Å²) in [6.45, 7) is 8.92. The summed E-state index contributed by atoms with van der Waals surface area (Å²) in [6.07, 6.45) is 11.9. The second-order valence-corrected chi connectivity index (χ2v) is 17.0. The number of carbonyl (C=O) groups is 5. The number of nitrogens with one attached hydrogen (secondary N) is 2. The van der Waals surface area contributed by atoms with Crippen LogP contribution in [-0.4, -0.2) is 114 Å². The first-order chi connectivity index (χ1) is 28.0. The summed E-state index contributed by atoms with van der Waals surface area (Å²) in [7, 11) is 0. The number of hydrogen-bond donors (Lipinski definition) is 2. The number of anilines is 1. The molecule has 2 unspecified atom stereocenters. The second-order valence-electron chi connectivity index (χ2n) is 16.6. The van der Waals surface area contributed by atoms with Gasteiger partial charge < -0.3 is 19.9 Å². The average molecular weight is 808 g/mol. The smallest absolute Gasteiger partial charge is 0.262 e. The Kier molecular flexibility index (Phi) is 11.7. The topological polar surface area (TPSA) is 155 Å². The Balaban J connectivity index is 0.743. The van der Waals surface area contributed by atoms with Gasteiger partial charge in [0.1, 0.15) is 24.0 Å². The van der Waals surface area contributed by atoms with Gasteiger partial charge in [-0.2, -0.15) is 5.26 Å². The van der Waals surface area contributed by atoms with Crippen LogP contribution >= 0.6 is 11.6 Å². The molecule has 0 aromatic heterocycles. The molecule has 0 radical (unpaired) electrons. The van der Waals surface area contributed by atoms with Crippen LogP contribution in [0.1, 0.15) is 84.6 Å². The number of piperidine rings is 2. The molecular weight excluding hydrogens is 758 g/mol. The van der Waals surface area contributed by atoms with E-state index in [1.54, 1.807) is 30.3 Å². The van der Waals surface area contributed by atoms with E-state index >= 15 is 0 Å². The molecule has 304 valence electrons. The molecule has 4 fully saturated rings. The number of benzene rings is 2. The van der Waals surface area contributed by atoms with Gasteiger partial charge in [0.25, 0.3) is 17.7 Å². The molecule has 14 heteroatoms. The minimum absolute atomic E-state index is 0.0165. The van der Waals surface area contributed by atoms with Crippen LogP contribution in [0.5, 0.6) is 5.75 Å². The molecule has 13 nitrogen and oxygen atoms in total. The van der Waals surface area contributed by atoms with E-state index in [4.69, 9.17) is 21.6 Å². The van der Waals surface area contributed by atoms with E-state index in [2.05, 4.69) is 50.5 Å². The highest BCUT2D eigenvalue weighted by molar-refractivity contribution is 6.31. The number of nitrogens with zero attached hydrogens (tertiary/aromatic N) is 5. The second kappa shape index (κ2) is 17.1. The highest BCUT2D eigenvalue weighted by Gasteiger charge is 2.45. The maximum Gasteiger partial charge on any atom is 0.262 e. The van der Waals surface area contributed by atoms with Crippen LogP contribution in [0.15, 0.2) is 60.2 Å². The molecule has 2 N–H and O–H groups in total. The van der Waals surface area contributed by atoms with Crippen molar-refractivity contribution >= 4 is 46.8 Å². The van der Waals surface area contributed by atoms with E-state index in [-0.39, 0.29) is 48.8 Å². The zero-order valence-electron chi connectivity index (χ0n) is 32.8. The monoisotopic (exact) mass is 807 g/mol. The third kappa shape index (κ3) is 8.42. The van der Waals surface area contributed by atoms with E-state index in [9.17, 15) is 24.0 Å². The summed E-state index contributed by atoms with van der Waals surface area (Å²) in [4.78, 5) is 72.1. The van der Waals surface area contributed by atoms with Gasteiger partial charge in [0.2, 0.25) is 11.8 Å². The largest absolute Gasteiger partial charge is 0.490 e. The molecule has 1 saturated carbocycles. The molecular formula is C44H50ClN7O6. The van der Waals surface area contributed by atoms with Crippen LogP contribution in [0, 0.1) is 23.2 Å². The highest BCUT2D eigenvalue weighted by Crippen LogP contribution is 2.34. The van der Waals surface area contributed by atoms with E-state index < -0.39 is 23.8 Å². The quantitative estimate of drug-likeness (QED) is 0.348. The lowest BCUT2D eigenvalue weighted by molar-refractivity contribution is -0.136. The number of halogens is 1. The molecule has 3 saturated heterocycles. The third-order valence-electron chi connectivity index (χ3n) is 12.9. The lowest BCUT2D eigenvalue weighted by atomic mass is 9.84. The summed E-state index contributed by atoms with van der Waals surface area (Å²) in [5.41, 5.74) is 2.69. The Bertz CT molecular complexity index is 2080. The van der Waals surface area contributed by atoms with E-state index in [1.807, 2.05) is 12.1 Å². The summed E-state index contributed by atoms with van der Waals surface area (Å²) >= 11 is 6.19. The molecule has 2 aromatic carbocycles. The average Bonchev–Trinajstić information content (AvgIpc) is 3.47. The summed E-state index contributed by atoms with van der Waals surface area (Å²) in [5.74, 6) is -0.476. The zero-order chi connectivity index (χ0) is 40.5. The molecule has 6 aliphatic rings. The first-order valence-electron chi connectivity index (χ1n) is 20.7. The van der Waals surface area contributed by atoms with Crippen molar-refractivity contribution < 1.29 is 28.7 Å². The Morgan fingerprint density at radius 3 is 2.41 bits per heavy atom. The van der Waals surface area contributed by atoms with Crippen molar-refractivity contribution in [3.8, 4) is 11.8 Å². The predicted octanol–water partition coefficient (Wildman–Crippen LogP) is 4.45. The minimum atomic E-state index is -0.966. The first kappa shape index (κ1) is 39.8. The van der Waals surface area contributed by atoms with E-state index in [0.717, 1.165) is 100 Å². The Morgan fingerprint density at radius 1 is 0.948 bits per heavy atom. The SMILES string of the molecule is C[C@H]1C[C@@H](NC(=O)C2=CCC(N3CCN(CC4CCN(c5ccc6c(c5)C(=O)N(C5CCC(=O)NC5=O)C6=O)CC4)CC3)C=C2)CC[C@@H]1Oc1ccc(C#N)c(Cl)c1. The number of carbonyl (C=O) groups excluding carboxylic acids is 5. The third-order valence-corrected chi connectivity index (χ3v) is 13.2. The molecule has 5 amide bonds. The van der Waals surface area contributed by atoms with E-state index in [1.165, 1.54) is 0 Å². The predicted molar refractivity (Wildman–Crippen MR) is 217 cm³/mol. The zero-order valence-corrected chi connectivity index (χ0v) is 33.6. The van der Waals surface area contributed by atoms with Crippen LogP contribution in [0.25, 0.3) is 0 Å². The number of nitriles is 1. The van der Waals surface area contributed by atoms with Crippen LogP contribution < -0.4 is 20.3 Å². The number of rotatable bonds is 9. The van der Waals surface area contributed by atoms with Gasteiger partial charge in [-0.05, 0) is 87.1 Å². The number of amides is 5. The maximum atomic E-state index is 13.3. The van der Waals surface area contributed by atoms with Crippen molar-refractivity contribution in [3.05, 3.63) is 81.9 Å². The van der Waals surface area contributed by atoms with Gasteiger partial charge in [0.05, 0.1) is 21.7 Å². The summed E-state index contributed by atoms with van der Waals surface area (Å²) in [5, 5.41) is 15.0. The fourth-order valence-corrected chi connectivity index (χ4v) is 9.71. The first-order valence-corrected chi connectivity index (χ1v) is 21.0. The van der Waals surface area contributed by atoms with Crippen molar-refractivity contribution in [2.24, 2.45) is 11.8 Å². The summed E-state index contributed by atoms with van der Waals surface area (Å²) < 4.78 is 6.22. The molecule has 2 aromatic rings. The van der Waals surface area contributed by atoms with Crippen LogP contribution in [0.4, 0.5) is 5.69 Å². The molecule has 4 aliphatic heterocycles. The molecule has 0 bridgehead atoms. The lowest BCUT2D eigenvalue weighted by Gasteiger charge is -2.41. The Labute approximate surface area is 344 Å². The van der Waals surface area contributed by atoms with Crippen molar-refractivity contribution in [1.82, 2.24) is 25.3 Å². The molecule has 4 heterocycles. The lowest BCUT2D eigenvalue weighted by Crippen LogP contribution is -2.54. The van der Waals surface area contributed by atoms with Gasteiger partial charge in [0.15, 0.2) is 0 Å². The van der Waals surface area contributed by atoms with Crippen molar-refractivity contribution in [2.75, 3.05) is 50.7 Å². The minimum Gasteiger partial charge on any atom is -0.490 e. The molecule has 0 spiro atoms. The van der Waals surface area contributed by atoms with Gasteiger partial charge in [0, 0.05) is 81.6 Å². The number of imide groups is 2. The van der Waals surface area contributed by atoms with Crippen LogP contribution in [0.2, 0.25) is 5.02 Å². The van der Waals surface area contributed by atoms with Crippen molar-refractivity contribution in [2.45, 2.75) is 82.5 Å². The number of ether oxygens (including phenoxy) is 1. The van der Waals surface area contributed by atoms with Gasteiger partial charge in [-0.3, -0.25) is 39.1 Å². The number of fused-ring (bicyclic) bond motifs is 1. The Hall–Kier alpha value is -5.03. The van der Waals surface area contributed by atoms with Crippen LogP contribution in [0.3, 0.4) is 0 Å². The van der Waals surface area contributed by atoms with Crippen molar-refractivity contribution in [1.29, 1.82) is 5.26 Å². The molecule has 58 heavy (non-hydrogen) atoms. The van der Waals surface area contributed by atoms with Gasteiger partial charge in [-0.1, -0.05) is 36.8 Å². The number of hydrogen-bond acceptors (Lipinski definition) is 10. The molecule has 8 rings (SSSR count). The van der Waals surface area contributed by atoms with Crippen molar-refractivity contribution in [3.63, 3.8) is 0 Å². The van der Waals surface area contributed by atoms with Gasteiger partial charge in [-0.25, -0.2) is 0 Å². The maximum absolute atomic E-state index is 13.3. The molecule has 5 atom stereocenters. The van der Waals surface area contributed by atoms with E-state index in [0.29, 0.717) is 33.4 Å². The fraction of sp³-hybridized carbons (Fsp3) is 0.500. The highest BCUT2D eigenvalue weighted by atomic mass is 35.5. The summed E-state index contributed by atoms with van der Waals surface area (Å²) in [6, 6.07) is 12.0. The Morgan fingerprint density at radius 2 is 1.72 bits per heavy atom. The molecule has 2 aliphatic carbocycles. The van der Waals surface area contributed by atoms with Gasteiger partial charge >= 0.3 is 0 Å².